The Morgan fingerprint density at radius 1 is 1.50 bits per heavy atom. The SMILES string of the molecule is COCCC1CN(N)c2ccccc21. The fourth-order valence-corrected chi connectivity index (χ4v) is 2.04. The number of para-hydroxylation sites is 1. The van der Waals surface area contributed by atoms with Crippen molar-refractivity contribution in [2.24, 2.45) is 5.84 Å². The van der Waals surface area contributed by atoms with Crippen molar-refractivity contribution in [1.82, 2.24) is 0 Å². The molecule has 1 atom stereocenters. The summed E-state index contributed by atoms with van der Waals surface area (Å²) in [6.07, 6.45) is 1.04. The third kappa shape index (κ3) is 1.61. The van der Waals surface area contributed by atoms with Crippen LogP contribution in [0.1, 0.15) is 17.9 Å². The molecule has 1 aliphatic rings. The highest BCUT2D eigenvalue weighted by atomic mass is 16.5. The molecule has 3 nitrogen and oxygen atoms in total. The third-order valence-corrected chi connectivity index (χ3v) is 2.77. The van der Waals surface area contributed by atoms with Crippen molar-refractivity contribution in [1.29, 1.82) is 0 Å². The summed E-state index contributed by atoms with van der Waals surface area (Å²) in [5.74, 6) is 6.43. The number of nitrogens with zero attached hydrogens (tertiary/aromatic N) is 1. The second-order valence-electron chi connectivity index (χ2n) is 3.69. The molecule has 2 rings (SSSR count). The lowest BCUT2D eigenvalue weighted by molar-refractivity contribution is 0.189. The molecule has 14 heavy (non-hydrogen) atoms. The van der Waals surface area contributed by atoms with Gasteiger partial charge in [0.2, 0.25) is 0 Å². The van der Waals surface area contributed by atoms with E-state index < -0.39 is 0 Å². The van der Waals surface area contributed by atoms with Gasteiger partial charge in [-0.25, -0.2) is 5.84 Å². The van der Waals surface area contributed by atoms with Gasteiger partial charge in [0.05, 0.1) is 5.69 Å². The van der Waals surface area contributed by atoms with E-state index in [2.05, 4.69) is 18.2 Å². The number of hydrazine groups is 1. The number of hydrogen-bond acceptors (Lipinski definition) is 3. The van der Waals surface area contributed by atoms with Gasteiger partial charge in [-0.15, -0.1) is 0 Å². The van der Waals surface area contributed by atoms with Gasteiger partial charge in [-0.2, -0.15) is 0 Å². The van der Waals surface area contributed by atoms with Gasteiger partial charge in [0.25, 0.3) is 0 Å². The van der Waals surface area contributed by atoms with Gasteiger partial charge in [-0.1, -0.05) is 18.2 Å². The summed E-state index contributed by atoms with van der Waals surface area (Å²) in [6.45, 7) is 1.70. The molecule has 0 spiro atoms. The molecule has 76 valence electrons. The average Bonchev–Trinajstić information content (AvgIpc) is 2.54. The molecule has 0 saturated heterocycles. The first-order chi connectivity index (χ1) is 6.83. The van der Waals surface area contributed by atoms with Gasteiger partial charge < -0.3 is 9.75 Å². The van der Waals surface area contributed by atoms with Crippen molar-refractivity contribution in [3.8, 4) is 0 Å². The highest BCUT2D eigenvalue weighted by molar-refractivity contribution is 5.58. The minimum Gasteiger partial charge on any atom is -0.385 e. The van der Waals surface area contributed by atoms with E-state index in [1.165, 1.54) is 5.56 Å². The lowest BCUT2D eigenvalue weighted by Crippen LogP contribution is -2.29. The maximum Gasteiger partial charge on any atom is 0.0552 e. The Hall–Kier alpha value is -1.06. The quantitative estimate of drug-likeness (QED) is 0.738. The Morgan fingerprint density at radius 2 is 2.29 bits per heavy atom. The van der Waals surface area contributed by atoms with Gasteiger partial charge in [0.1, 0.15) is 0 Å². The summed E-state index contributed by atoms with van der Waals surface area (Å²) in [5, 5.41) is 1.83. The van der Waals surface area contributed by atoms with Crippen molar-refractivity contribution in [3.05, 3.63) is 29.8 Å². The minimum atomic E-state index is 0.524. The first-order valence-corrected chi connectivity index (χ1v) is 4.93. The fourth-order valence-electron chi connectivity index (χ4n) is 2.04. The summed E-state index contributed by atoms with van der Waals surface area (Å²) in [4.78, 5) is 0. The third-order valence-electron chi connectivity index (χ3n) is 2.77. The Balaban J connectivity index is 2.17. The summed E-state index contributed by atoms with van der Waals surface area (Å²) in [6, 6.07) is 8.32. The maximum atomic E-state index is 5.90. The van der Waals surface area contributed by atoms with Crippen LogP contribution in [0.2, 0.25) is 0 Å². The molecule has 0 amide bonds. The zero-order valence-electron chi connectivity index (χ0n) is 8.44. The molecule has 1 unspecified atom stereocenters. The molecule has 0 bridgehead atoms. The van der Waals surface area contributed by atoms with Gasteiger partial charge in [-0.05, 0) is 18.1 Å². The summed E-state index contributed by atoms with van der Waals surface area (Å²) >= 11 is 0. The Bertz CT molecular complexity index is 314. The smallest absolute Gasteiger partial charge is 0.0552 e. The predicted molar refractivity (Wildman–Crippen MR) is 57.2 cm³/mol. The molecule has 1 aromatic carbocycles. The van der Waals surface area contributed by atoms with Gasteiger partial charge in [-0.3, -0.25) is 0 Å². The van der Waals surface area contributed by atoms with Crippen LogP contribution in [0.15, 0.2) is 24.3 Å². The molecular formula is C11H16N2O. The lowest BCUT2D eigenvalue weighted by atomic mass is 9.98. The second kappa shape index (κ2) is 3.98. The van der Waals surface area contributed by atoms with Crippen LogP contribution in [0.4, 0.5) is 5.69 Å². The Kier molecular flexibility index (Phi) is 2.70. The summed E-state index contributed by atoms with van der Waals surface area (Å²) in [5.41, 5.74) is 2.51. The Labute approximate surface area is 84.4 Å². The van der Waals surface area contributed by atoms with Crippen molar-refractivity contribution in [3.63, 3.8) is 0 Å². The predicted octanol–water partition coefficient (Wildman–Crippen LogP) is 1.50. The molecule has 2 N–H and O–H groups in total. The van der Waals surface area contributed by atoms with Crippen LogP contribution in [-0.4, -0.2) is 20.3 Å². The van der Waals surface area contributed by atoms with E-state index in [0.717, 1.165) is 25.3 Å². The number of anilines is 1. The Morgan fingerprint density at radius 3 is 3.07 bits per heavy atom. The normalized spacial score (nSPS) is 19.9. The minimum absolute atomic E-state index is 0.524. The largest absolute Gasteiger partial charge is 0.385 e. The summed E-state index contributed by atoms with van der Waals surface area (Å²) in [7, 11) is 1.74. The van der Waals surface area contributed by atoms with Gasteiger partial charge in [0, 0.05) is 26.2 Å². The monoisotopic (exact) mass is 192 g/mol. The number of fused-ring (bicyclic) bond motifs is 1. The molecule has 1 heterocycles. The van der Waals surface area contributed by atoms with Crippen LogP contribution in [0.25, 0.3) is 0 Å². The van der Waals surface area contributed by atoms with Crippen LogP contribution in [-0.2, 0) is 4.74 Å². The first kappa shape index (κ1) is 9.49. The molecular weight excluding hydrogens is 176 g/mol. The van der Waals surface area contributed by atoms with E-state index in [0.29, 0.717) is 5.92 Å². The lowest BCUT2D eigenvalue weighted by Gasteiger charge is -2.11. The number of hydrogen-bond donors (Lipinski definition) is 1. The van der Waals surface area contributed by atoms with E-state index in [1.807, 2.05) is 11.1 Å². The molecule has 0 aromatic heterocycles. The highest BCUT2D eigenvalue weighted by Crippen LogP contribution is 2.35. The molecule has 0 radical (unpaired) electrons. The molecule has 0 saturated carbocycles. The standard InChI is InChI=1S/C11H16N2O/c1-14-7-6-9-8-13(12)11-5-3-2-4-10(9)11/h2-5,9H,6-8,12H2,1H3. The second-order valence-corrected chi connectivity index (χ2v) is 3.69. The van der Waals surface area contributed by atoms with Crippen molar-refractivity contribution < 1.29 is 4.74 Å². The van der Waals surface area contributed by atoms with Crippen LogP contribution in [0.3, 0.4) is 0 Å². The van der Waals surface area contributed by atoms with E-state index in [-0.39, 0.29) is 0 Å². The van der Waals surface area contributed by atoms with E-state index >= 15 is 0 Å². The van der Waals surface area contributed by atoms with Gasteiger partial charge >= 0.3 is 0 Å². The van der Waals surface area contributed by atoms with E-state index in [9.17, 15) is 0 Å². The van der Waals surface area contributed by atoms with Crippen LogP contribution in [0.5, 0.6) is 0 Å². The topological polar surface area (TPSA) is 38.5 Å². The number of ether oxygens (including phenoxy) is 1. The van der Waals surface area contributed by atoms with Crippen LogP contribution < -0.4 is 10.9 Å². The van der Waals surface area contributed by atoms with Crippen molar-refractivity contribution in [2.45, 2.75) is 12.3 Å². The molecule has 0 aliphatic carbocycles. The number of rotatable bonds is 3. The summed E-state index contributed by atoms with van der Waals surface area (Å²) < 4.78 is 5.09. The van der Waals surface area contributed by atoms with E-state index in [4.69, 9.17) is 10.6 Å². The number of nitrogens with two attached hydrogens (primary N) is 1. The van der Waals surface area contributed by atoms with Crippen LogP contribution >= 0.6 is 0 Å². The molecule has 3 heteroatoms. The van der Waals surface area contributed by atoms with E-state index in [1.54, 1.807) is 7.11 Å². The molecule has 1 aliphatic heterocycles. The van der Waals surface area contributed by atoms with Crippen LogP contribution in [0, 0.1) is 0 Å². The zero-order valence-corrected chi connectivity index (χ0v) is 8.44. The van der Waals surface area contributed by atoms with Crippen molar-refractivity contribution in [2.75, 3.05) is 25.3 Å². The highest BCUT2D eigenvalue weighted by Gasteiger charge is 2.25. The maximum absolute atomic E-state index is 5.90. The average molecular weight is 192 g/mol. The fraction of sp³-hybridized carbons (Fsp3) is 0.455. The molecule has 0 fully saturated rings. The van der Waals surface area contributed by atoms with Crippen molar-refractivity contribution >= 4 is 5.69 Å². The number of methoxy groups -OCH3 is 1. The van der Waals surface area contributed by atoms with Gasteiger partial charge in [0.15, 0.2) is 0 Å². The first-order valence-electron chi connectivity index (χ1n) is 4.93. The molecule has 1 aromatic rings. The number of benzene rings is 1. The zero-order chi connectivity index (χ0) is 9.97.